The number of halogens is 4. The summed E-state index contributed by atoms with van der Waals surface area (Å²) >= 11 is 1.17. The highest BCUT2D eigenvalue weighted by molar-refractivity contribution is 7.15. The van der Waals surface area contributed by atoms with Crippen LogP contribution >= 0.6 is 11.3 Å². The number of alkyl halides is 3. The molecule has 0 radical (unpaired) electrons. The van der Waals surface area contributed by atoms with Gasteiger partial charge in [-0.2, -0.15) is 13.2 Å². The van der Waals surface area contributed by atoms with Gasteiger partial charge in [-0.05, 0) is 37.6 Å². The summed E-state index contributed by atoms with van der Waals surface area (Å²) in [6.45, 7) is 3.58. The molecule has 4 rings (SSSR count). The Balaban J connectivity index is 1.59. The second kappa shape index (κ2) is 8.47. The smallest absolute Gasteiger partial charge is 0.419 e. The number of carboxylic acids is 1. The summed E-state index contributed by atoms with van der Waals surface area (Å²) in [6, 6.07) is 6.15. The highest BCUT2D eigenvalue weighted by Gasteiger charge is 2.34. The Hall–Kier alpha value is -3.47. The predicted octanol–water partition coefficient (Wildman–Crippen LogP) is 5.93. The van der Waals surface area contributed by atoms with E-state index in [9.17, 15) is 22.4 Å². The predicted molar refractivity (Wildman–Crippen MR) is 112 cm³/mol. The van der Waals surface area contributed by atoms with Crippen molar-refractivity contribution >= 4 is 28.4 Å². The van der Waals surface area contributed by atoms with E-state index in [1.165, 1.54) is 17.4 Å². The molecule has 0 bridgehead atoms. The molecular formula is C22H16F4N2O4S. The number of benzene rings is 2. The highest BCUT2D eigenvalue weighted by Crippen LogP contribution is 2.36. The molecule has 33 heavy (non-hydrogen) atoms. The molecule has 2 heterocycles. The zero-order chi connectivity index (χ0) is 23.9. The van der Waals surface area contributed by atoms with Crippen molar-refractivity contribution in [2.75, 3.05) is 0 Å². The minimum absolute atomic E-state index is 0.0496. The van der Waals surface area contributed by atoms with Crippen molar-refractivity contribution in [2.45, 2.75) is 33.1 Å². The van der Waals surface area contributed by atoms with Crippen LogP contribution in [0.2, 0.25) is 0 Å². The molecule has 6 nitrogen and oxygen atoms in total. The van der Waals surface area contributed by atoms with Crippen molar-refractivity contribution in [3.8, 4) is 16.3 Å². The summed E-state index contributed by atoms with van der Waals surface area (Å²) in [6.07, 6.45) is -5.14. The fourth-order valence-electron chi connectivity index (χ4n) is 3.20. The van der Waals surface area contributed by atoms with E-state index < -0.39 is 23.5 Å². The molecule has 172 valence electrons. The average Bonchev–Trinajstić information content (AvgIpc) is 3.28. The normalized spacial score (nSPS) is 11.8. The molecule has 0 atom stereocenters. The number of aliphatic carboxylic acids is 1. The lowest BCUT2D eigenvalue weighted by Crippen LogP contribution is -2.07. The molecule has 0 spiro atoms. The van der Waals surface area contributed by atoms with Crippen LogP contribution in [-0.4, -0.2) is 21.0 Å². The number of aryl methyl sites for hydroxylation is 2. The largest absolute Gasteiger partial charge is 0.484 e. The molecule has 0 aliphatic carbocycles. The van der Waals surface area contributed by atoms with Gasteiger partial charge in [0.2, 0.25) is 5.89 Å². The average molecular weight is 480 g/mol. The molecule has 0 aliphatic heterocycles. The molecular weight excluding hydrogens is 464 g/mol. The number of oxazole rings is 1. The fraction of sp³-hybridized carbons (Fsp3) is 0.227. The van der Waals surface area contributed by atoms with Gasteiger partial charge in [-0.3, -0.25) is 4.79 Å². The van der Waals surface area contributed by atoms with Crippen LogP contribution in [-0.2, 0) is 24.0 Å². The van der Waals surface area contributed by atoms with Gasteiger partial charge in [0, 0.05) is 5.56 Å². The van der Waals surface area contributed by atoms with E-state index in [0.29, 0.717) is 38.5 Å². The van der Waals surface area contributed by atoms with E-state index in [2.05, 4.69) is 9.97 Å². The topological polar surface area (TPSA) is 85.5 Å². The lowest BCUT2D eigenvalue weighted by Gasteiger charge is -2.08. The molecule has 11 heteroatoms. The molecule has 4 aromatic rings. The van der Waals surface area contributed by atoms with E-state index in [1.54, 1.807) is 26.0 Å². The van der Waals surface area contributed by atoms with Crippen molar-refractivity contribution in [3.63, 3.8) is 0 Å². The number of carboxylic acid groups (broad SMARTS) is 1. The van der Waals surface area contributed by atoms with Gasteiger partial charge in [0.05, 0.1) is 16.1 Å². The number of nitrogens with zero attached hydrogens (tertiary/aromatic N) is 2. The van der Waals surface area contributed by atoms with Crippen molar-refractivity contribution in [3.05, 3.63) is 63.7 Å². The van der Waals surface area contributed by atoms with Crippen molar-refractivity contribution in [1.29, 1.82) is 0 Å². The molecule has 2 aromatic heterocycles. The number of ether oxygens (including phenoxy) is 1. The van der Waals surface area contributed by atoms with Gasteiger partial charge in [0.25, 0.3) is 0 Å². The molecule has 0 amide bonds. The third-order valence-electron chi connectivity index (χ3n) is 4.82. The molecule has 0 saturated carbocycles. The molecule has 0 aliphatic rings. The van der Waals surface area contributed by atoms with Crippen LogP contribution in [0.1, 0.15) is 27.6 Å². The lowest BCUT2D eigenvalue weighted by molar-refractivity contribution is -0.140. The number of hydrogen-bond donors (Lipinski definition) is 1. The minimum atomic E-state index is -4.77. The Morgan fingerprint density at radius 1 is 1.18 bits per heavy atom. The lowest BCUT2D eigenvalue weighted by atomic mass is 10.1. The first-order valence-electron chi connectivity index (χ1n) is 9.60. The van der Waals surface area contributed by atoms with Gasteiger partial charge < -0.3 is 14.3 Å². The Morgan fingerprint density at radius 2 is 1.94 bits per heavy atom. The van der Waals surface area contributed by atoms with E-state index in [-0.39, 0.29) is 24.5 Å². The monoisotopic (exact) mass is 480 g/mol. The fourth-order valence-corrected chi connectivity index (χ4v) is 4.17. The first-order valence-corrected chi connectivity index (χ1v) is 10.4. The summed E-state index contributed by atoms with van der Waals surface area (Å²) < 4.78 is 63.9. The zero-order valence-electron chi connectivity index (χ0n) is 17.3. The summed E-state index contributed by atoms with van der Waals surface area (Å²) in [5, 5.41) is 9.31. The van der Waals surface area contributed by atoms with E-state index in [1.807, 2.05) is 0 Å². The van der Waals surface area contributed by atoms with Crippen molar-refractivity contribution in [1.82, 2.24) is 9.97 Å². The Morgan fingerprint density at radius 3 is 2.61 bits per heavy atom. The number of thiazole rings is 1. The van der Waals surface area contributed by atoms with Crippen LogP contribution in [0.25, 0.3) is 21.7 Å². The second-order valence-electron chi connectivity index (χ2n) is 7.25. The van der Waals surface area contributed by atoms with Gasteiger partial charge in [0.15, 0.2) is 11.3 Å². The van der Waals surface area contributed by atoms with Gasteiger partial charge in [0.1, 0.15) is 29.4 Å². The standard InChI is InChI=1S/C22H16F4N2O4S/c1-10-3-6-15-20(32-17(28-15)8-18(29)30)19(10)31-9-16-11(2)27-21(33-16)12-4-5-13(14(23)7-12)22(24,25)26/h3-7H,8-9H2,1-2H3,(H,29,30). The second-order valence-corrected chi connectivity index (χ2v) is 8.33. The highest BCUT2D eigenvalue weighted by atomic mass is 32.1. The number of rotatable bonds is 6. The zero-order valence-corrected chi connectivity index (χ0v) is 18.1. The van der Waals surface area contributed by atoms with Crippen LogP contribution in [0.3, 0.4) is 0 Å². The third kappa shape index (κ3) is 4.68. The van der Waals surface area contributed by atoms with E-state index in [4.69, 9.17) is 14.3 Å². The van der Waals surface area contributed by atoms with Crippen LogP contribution < -0.4 is 4.74 Å². The quantitative estimate of drug-likeness (QED) is 0.344. The Labute approximate surface area is 188 Å². The van der Waals surface area contributed by atoms with Crippen LogP contribution in [0, 0.1) is 19.7 Å². The number of carbonyl (C=O) groups is 1. The van der Waals surface area contributed by atoms with Gasteiger partial charge in [-0.15, -0.1) is 11.3 Å². The van der Waals surface area contributed by atoms with E-state index in [0.717, 1.165) is 11.6 Å². The third-order valence-corrected chi connectivity index (χ3v) is 6.00. The Kier molecular flexibility index (Phi) is 5.83. The van der Waals surface area contributed by atoms with Gasteiger partial charge in [-0.25, -0.2) is 14.4 Å². The number of hydrogen-bond acceptors (Lipinski definition) is 6. The minimum Gasteiger partial charge on any atom is -0.484 e. The van der Waals surface area contributed by atoms with Crippen LogP contribution in [0.4, 0.5) is 17.6 Å². The van der Waals surface area contributed by atoms with Gasteiger partial charge >= 0.3 is 12.1 Å². The number of fused-ring (bicyclic) bond motifs is 1. The van der Waals surface area contributed by atoms with Crippen molar-refractivity contribution in [2.24, 2.45) is 0 Å². The maximum absolute atomic E-state index is 14.0. The van der Waals surface area contributed by atoms with Crippen LogP contribution in [0.5, 0.6) is 5.75 Å². The van der Waals surface area contributed by atoms with E-state index >= 15 is 0 Å². The first kappa shape index (κ1) is 22.7. The summed E-state index contributed by atoms with van der Waals surface area (Å²) in [4.78, 5) is 20.1. The van der Waals surface area contributed by atoms with Gasteiger partial charge in [-0.1, -0.05) is 12.1 Å². The maximum Gasteiger partial charge on any atom is 0.419 e. The first-order chi connectivity index (χ1) is 15.5. The SMILES string of the molecule is Cc1ccc2nc(CC(=O)O)oc2c1OCc1sc(-c2ccc(C(F)(F)F)c(F)c2)nc1C. The molecule has 0 saturated heterocycles. The molecule has 2 aromatic carbocycles. The van der Waals surface area contributed by atoms with Crippen LogP contribution in [0.15, 0.2) is 34.7 Å². The molecule has 1 N–H and O–H groups in total. The molecule has 0 fully saturated rings. The summed E-state index contributed by atoms with van der Waals surface area (Å²) in [5.74, 6) is -2.00. The van der Waals surface area contributed by atoms with Crippen molar-refractivity contribution < 1.29 is 36.6 Å². The summed E-state index contributed by atoms with van der Waals surface area (Å²) in [5.41, 5.74) is 0.997. The maximum atomic E-state index is 14.0. The molecule has 0 unspecified atom stereocenters. The number of aromatic nitrogens is 2. The Bertz CT molecular complexity index is 1360. The summed E-state index contributed by atoms with van der Waals surface area (Å²) in [7, 11) is 0.